The molecule has 1 aliphatic heterocycles. The molecule has 0 amide bonds. The van der Waals surface area contributed by atoms with Crippen LogP contribution in [0.3, 0.4) is 0 Å². The number of benzene rings is 9. The van der Waals surface area contributed by atoms with E-state index in [1.54, 1.807) is 11.3 Å². The van der Waals surface area contributed by atoms with Gasteiger partial charge in [0.1, 0.15) is 0 Å². The molecular weight excluding hydrogens is 799 g/mol. The standard InChI is InChI=1S/C58H33N5S/c1-2-16-34(17-3-1)61-48-29-12-8-22-41(48)53-43(26-15-30-49(53)61)55-57-54(42-23-9-13-31-52(42)64-57)59-58(60-55)63-47-28-11-7-21-38(47)44-32-50-45(33-51(44)63)40-25-14-24-39-36-19-5-4-18-35(36)37-20-6-10-27-46(37)62(50)56(39)40/h1-33H. The molecule has 0 N–H and O–H groups in total. The summed E-state index contributed by atoms with van der Waals surface area (Å²) in [5.41, 5.74) is 17.2. The molecule has 296 valence electrons. The fraction of sp³-hybridized carbons (Fsp3) is 0. The zero-order valence-corrected chi connectivity index (χ0v) is 35.0. The molecule has 0 spiro atoms. The van der Waals surface area contributed by atoms with E-state index in [0.29, 0.717) is 5.95 Å². The smallest absolute Gasteiger partial charge is 0.235 e. The number of hydrogen-bond acceptors (Lipinski definition) is 3. The number of para-hydroxylation sites is 5. The van der Waals surface area contributed by atoms with Gasteiger partial charge >= 0.3 is 0 Å². The summed E-state index contributed by atoms with van der Waals surface area (Å²) in [5, 5.41) is 8.26. The summed E-state index contributed by atoms with van der Waals surface area (Å²) in [6, 6.07) is 72.8. The van der Waals surface area contributed by atoms with Gasteiger partial charge < -0.3 is 9.13 Å². The highest BCUT2D eigenvalue weighted by Crippen LogP contribution is 2.49. The molecule has 5 nitrogen and oxygen atoms in total. The number of rotatable bonds is 3. The first-order chi connectivity index (χ1) is 31.8. The van der Waals surface area contributed by atoms with Crippen LogP contribution >= 0.6 is 11.3 Å². The molecular formula is C58H33N5S. The summed E-state index contributed by atoms with van der Waals surface area (Å²) in [4.78, 5) is 11.3. The predicted molar refractivity (Wildman–Crippen MR) is 268 cm³/mol. The van der Waals surface area contributed by atoms with E-state index < -0.39 is 0 Å². The van der Waals surface area contributed by atoms with Gasteiger partial charge in [-0.05, 0) is 65.7 Å². The Morgan fingerprint density at radius 3 is 1.78 bits per heavy atom. The lowest BCUT2D eigenvalue weighted by molar-refractivity contribution is 1.02. The van der Waals surface area contributed by atoms with Gasteiger partial charge in [0.2, 0.25) is 5.95 Å². The Morgan fingerprint density at radius 1 is 0.359 bits per heavy atom. The van der Waals surface area contributed by atoms with Crippen molar-refractivity contribution in [3.8, 4) is 50.8 Å². The van der Waals surface area contributed by atoms with Crippen molar-refractivity contribution in [2.45, 2.75) is 0 Å². The minimum Gasteiger partial charge on any atom is -0.309 e. The first-order valence-corrected chi connectivity index (χ1v) is 22.6. The normalized spacial score (nSPS) is 12.4. The predicted octanol–water partition coefficient (Wildman–Crippen LogP) is 15.5. The molecule has 0 saturated carbocycles. The SMILES string of the molecule is c1ccc(-n2c3ccccc3c3c(-c4nc(-n5c6ccccc6c6cc7c(cc65)c5cccc6c5n7-c5ccccc5-c5ccccc5-6)nc5c4sc4ccccc45)cccc32)cc1. The minimum absolute atomic E-state index is 0.658. The molecule has 0 atom stereocenters. The highest BCUT2D eigenvalue weighted by atomic mass is 32.1. The Bertz CT molecular complexity index is 4320. The zero-order chi connectivity index (χ0) is 41.6. The third-order valence-corrected chi connectivity index (χ3v) is 14.8. The molecule has 0 aliphatic carbocycles. The third kappa shape index (κ3) is 4.46. The van der Waals surface area contributed by atoms with Gasteiger partial charge in [0.25, 0.3) is 0 Å². The molecule has 5 aromatic heterocycles. The van der Waals surface area contributed by atoms with Crippen LogP contribution in [0.5, 0.6) is 0 Å². The van der Waals surface area contributed by atoms with Crippen LogP contribution in [-0.2, 0) is 0 Å². The van der Waals surface area contributed by atoms with Crippen molar-refractivity contribution in [3.05, 3.63) is 200 Å². The second kappa shape index (κ2) is 12.6. The molecule has 0 radical (unpaired) electrons. The van der Waals surface area contributed by atoms with E-state index in [9.17, 15) is 0 Å². The van der Waals surface area contributed by atoms with Crippen LogP contribution in [0.1, 0.15) is 0 Å². The van der Waals surface area contributed by atoms with Crippen molar-refractivity contribution in [3.63, 3.8) is 0 Å². The Balaban J connectivity index is 1.07. The van der Waals surface area contributed by atoms with E-state index in [-0.39, 0.29) is 0 Å². The highest BCUT2D eigenvalue weighted by Gasteiger charge is 2.27. The van der Waals surface area contributed by atoms with E-state index in [4.69, 9.17) is 9.97 Å². The zero-order valence-electron chi connectivity index (χ0n) is 34.2. The lowest BCUT2D eigenvalue weighted by Crippen LogP contribution is -2.03. The average molecular weight is 832 g/mol. The summed E-state index contributed by atoms with van der Waals surface area (Å²) >= 11 is 1.78. The van der Waals surface area contributed by atoms with Crippen LogP contribution in [-0.4, -0.2) is 23.7 Å². The Kier molecular flexibility index (Phi) is 6.77. The second-order valence-electron chi connectivity index (χ2n) is 16.9. The van der Waals surface area contributed by atoms with Gasteiger partial charge in [-0.15, -0.1) is 11.3 Å². The Morgan fingerprint density at radius 2 is 0.938 bits per heavy atom. The lowest BCUT2D eigenvalue weighted by Gasteiger charge is -2.13. The van der Waals surface area contributed by atoms with Crippen molar-refractivity contribution in [1.29, 1.82) is 0 Å². The van der Waals surface area contributed by atoms with Crippen LogP contribution < -0.4 is 0 Å². The van der Waals surface area contributed by atoms with Crippen LogP contribution in [0.4, 0.5) is 0 Å². The number of aromatic nitrogens is 5. The van der Waals surface area contributed by atoms with Gasteiger partial charge in [-0.2, -0.15) is 0 Å². The molecule has 0 bridgehead atoms. The van der Waals surface area contributed by atoms with Gasteiger partial charge in [-0.1, -0.05) is 146 Å². The molecule has 0 unspecified atom stereocenters. The van der Waals surface area contributed by atoms with E-state index in [1.165, 1.54) is 65.2 Å². The first-order valence-electron chi connectivity index (χ1n) is 21.8. The molecule has 6 heterocycles. The second-order valence-corrected chi connectivity index (χ2v) is 17.9. The molecule has 14 aromatic rings. The summed E-state index contributed by atoms with van der Waals surface area (Å²) in [6.45, 7) is 0. The monoisotopic (exact) mass is 831 g/mol. The van der Waals surface area contributed by atoms with Crippen molar-refractivity contribution >= 4 is 97.1 Å². The van der Waals surface area contributed by atoms with Crippen molar-refractivity contribution < 1.29 is 0 Å². The van der Waals surface area contributed by atoms with Gasteiger partial charge in [0.15, 0.2) is 0 Å². The summed E-state index contributed by atoms with van der Waals surface area (Å²) in [7, 11) is 0. The quantitative estimate of drug-likeness (QED) is 0.178. The Hall–Kier alpha value is -8.32. The third-order valence-electron chi connectivity index (χ3n) is 13.6. The summed E-state index contributed by atoms with van der Waals surface area (Å²) in [6.07, 6.45) is 0. The van der Waals surface area contributed by atoms with Gasteiger partial charge in [-0.25, -0.2) is 9.97 Å². The largest absolute Gasteiger partial charge is 0.309 e. The molecule has 1 aliphatic rings. The number of nitrogens with zero attached hydrogens (tertiary/aromatic N) is 5. The number of hydrogen-bond donors (Lipinski definition) is 0. The van der Waals surface area contributed by atoms with Gasteiger partial charge in [-0.3, -0.25) is 4.57 Å². The van der Waals surface area contributed by atoms with Crippen molar-refractivity contribution in [1.82, 2.24) is 23.7 Å². The van der Waals surface area contributed by atoms with Crippen molar-refractivity contribution in [2.24, 2.45) is 0 Å². The fourth-order valence-corrected chi connectivity index (χ4v) is 12.1. The highest BCUT2D eigenvalue weighted by molar-refractivity contribution is 7.26. The van der Waals surface area contributed by atoms with E-state index in [0.717, 1.165) is 65.4 Å². The fourth-order valence-electron chi connectivity index (χ4n) is 11.0. The van der Waals surface area contributed by atoms with Crippen LogP contribution in [0.15, 0.2) is 200 Å². The molecule has 6 heteroatoms. The summed E-state index contributed by atoms with van der Waals surface area (Å²) < 4.78 is 9.48. The van der Waals surface area contributed by atoms with Crippen molar-refractivity contribution in [2.75, 3.05) is 0 Å². The van der Waals surface area contributed by atoms with Crippen LogP contribution in [0, 0.1) is 0 Å². The Labute approximate surface area is 370 Å². The molecule has 9 aromatic carbocycles. The van der Waals surface area contributed by atoms with Crippen LogP contribution in [0.25, 0.3) is 137 Å². The molecule has 15 rings (SSSR count). The van der Waals surface area contributed by atoms with E-state index in [1.807, 2.05) is 0 Å². The number of thiophene rings is 1. The van der Waals surface area contributed by atoms with E-state index in [2.05, 4.69) is 214 Å². The lowest BCUT2D eigenvalue weighted by atomic mass is 9.94. The first kappa shape index (κ1) is 34.3. The topological polar surface area (TPSA) is 40.6 Å². The van der Waals surface area contributed by atoms with E-state index >= 15 is 0 Å². The van der Waals surface area contributed by atoms with Crippen LogP contribution in [0.2, 0.25) is 0 Å². The number of fused-ring (bicyclic) bond motifs is 17. The summed E-state index contributed by atoms with van der Waals surface area (Å²) in [5.74, 6) is 0.658. The van der Waals surface area contributed by atoms with Gasteiger partial charge in [0, 0.05) is 64.8 Å². The van der Waals surface area contributed by atoms with Gasteiger partial charge in [0.05, 0.1) is 54.7 Å². The average Bonchev–Trinajstić information content (AvgIpc) is 4.07. The maximum absolute atomic E-state index is 5.75. The molecule has 0 fully saturated rings. The maximum Gasteiger partial charge on any atom is 0.235 e. The minimum atomic E-state index is 0.658. The molecule has 64 heavy (non-hydrogen) atoms. The maximum atomic E-state index is 5.75. The molecule has 0 saturated heterocycles.